The van der Waals surface area contributed by atoms with Gasteiger partial charge >= 0.3 is 0 Å². The molecule has 2 aliphatic heterocycles. The Morgan fingerprint density at radius 2 is 2.10 bits per heavy atom. The molecule has 2 atom stereocenters. The number of nitrogens with one attached hydrogen (secondary N) is 1. The van der Waals surface area contributed by atoms with Gasteiger partial charge in [-0.05, 0) is 43.0 Å². The number of ether oxygens (including phenoxy) is 1. The quantitative estimate of drug-likeness (QED) is 0.349. The van der Waals surface area contributed by atoms with Crippen LogP contribution in [0.15, 0.2) is 47.5 Å². The summed E-state index contributed by atoms with van der Waals surface area (Å²) in [4.78, 5) is 7.03. The third kappa shape index (κ3) is 5.28. The number of halogens is 2. The summed E-state index contributed by atoms with van der Waals surface area (Å²) in [6.45, 7) is 5.57. The minimum absolute atomic E-state index is 0. The van der Waals surface area contributed by atoms with E-state index >= 15 is 0 Å². The first kappa shape index (κ1) is 22.0. The number of nitrogens with zero attached hydrogens (tertiary/aromatic N) is 2. The van der Waals surface area contributed by atoms with Gasteiger partial charge in [-0.15, -0.1) is 24.0 Å². The zero-order valence-electron chi connectivity index (χ0n) is 16.6. The topological polar surface area (TPSA) is 62.9 Å². The molecular weight excluding hydrogens is 499 g/mol. The molecule has 2 aromatic carbocycles. The number of hydrogen-bond acceptors (Lipinski definition) is 3. The van der Waals surface area contributed by atoms with Crippen molar-refractivity contribution in [1.82, 2.24) is 5.32 Å². The van der Waals surface area contributed by atoms with Crippen molar-refractivity contribution >= 4 is 47.2 Å². The fourth-order valence-electron chi connectivity index (χ4n) is 4.07. The predicted octanol–water partition coefficient (Wildman–Crippen LogP) is 4.52. The summed E-state index contributed by atoms with van der Waals surface area (Å²) >= 11 is 6.18. The van der Waals surface area contributed by atoms with Crippen molar-refractivity contribution in [1.29, 1.82) is 0 Å². The van der Waals surface area contributed by atoms with Crippen LogP contribution in [0.25, 0.3) is 0 Å². The molecule has 2 heterocycles. The monoisotopic (exact) mass is 526 g/mol. The van der Waals surface area contributed by atoms with Gasteiger partial charge < -0.3 is 20.7 Å². The van der Waals surface area contributed by atoms with Crippen LogP contribution < -0.4 is 20.7 Å². The third-order valence-corrected chi connectivity index (χ3v) is 5.83. The first-order valence-corrected chi connectivity index (χ1v) is 10.3. The molecular formula is C22H28ClIN4O. The lowest BCUT2D eigenvalue weighted by Gasteiger charge is -2.27. The highest BCUT2D eigenvalue weighted by atomic mass is 127. The molecule has 29 heavy (non-hydrogen) atoms. The molecule has 0 radical (unpaired) electrons. The molecule has 156 valence electrons. The molecule has 2 aromatic rings. The number of aliphatic imine (C=N–C) groups is 1. The van der Waals surface area contributed by atoms with Crippen molar-refractivity contribution in [2.24, 2.45) is 16.6 Å². The molecule has 4 rings (SSSR count). The third-order valence-electron chi connectivity index (χ3n) is 5.60. The zero-order chi connectivity index (χ0) is 19.5. The number of nitrogens with two attached hydrogens (primary N) is 1. The second-order valence-electron chi connectivity index (χ2n) is 7.63. The molecule has 3 N–H and O–H groups in total. The van der Waals surface area contributed by atoms with Crippen LogP contribution in [0, 0.1) is 12.8 Å². The van der Waals surface area contributed by atoms with E-state index < -0.39 is 0 Å². The van der Waals surface area contributed by atoms with Gasteiger partial charge in [0.05, 0.1) is 12.6 Å². The van der Waals surface area contributed by atoms with E-state index in [9.17, 15) is 0 Å². The van der Waals surface area contributed by atoms with Gasteiger partial charge in [0.25, 0.3) is 0 Å². The fourth-order valence-corrected chi connectivity index (χ4v) is 4.23. The number of rotatable bonds is 4. The summed E-state index contributed by atoms with van der Waals surface area (Å²) in [5.74, 6) is 1.95. The van der Waals surface area contributed by atoms with Gasteiger partial charge in [0.15, 0.2) is 5.96 Å². The van der Waals surface area contributed by atoms with Crippen LogP contribution in [0.4, 0.5) is 5.69 Å². The summed E-state index contributed by atoms with van der Waals surface area (Å²) in [6.07, 6.45) is 2.00. The highest BCUT2D eigenvalue weighted by molar-refractivity contribution is 14.0. The van der Waals surface area contributed by atoms with Gasteiger partial charge in [-0.1, -0.05) is 35.9 Å². The predicted molar refractivity (Wildman–Crippen MR) is 131 cm³/mol. The van der Waals surface area contributed by atoms with E-state index in [1.807, 2.05) is 24.3 Å². The smallest absolute Gasteiger partial charge is 0.189 e. The van der Waals surface area contributed by atoms with Crippen LogP contribution in [0.5, 0.6) is 5.75 Å². The molecule has 5 nitrogen and oxygen atoms in total. The Hall–Kier alpha value is -1.67. The van der Waals surface area contributed by atoms with Crippen LogP contribution in [-0.2, 0) is 0 Å². The van der Waals surface area contributed by atoms with E-state index in [0.29, 0.717) is 18.5 Å². The lowest BCUT2D eigenvalue weighted by Crippen LogP contribution is -2.37. The van der Waals surface area contributed by atoms with Crippen molar-refractivity contribution in [3.05, 3.63) is 58.6 Å². The SMILES string of the molecule is Cc1ccc(Cl)cc1N1CCC(CN=C(N)NC2CCOc3ccccc32)C1.I. The molecule has 2 unspecified atom stereocenters. The average molecular weight is 527 g/mol. The first-order valence-electron chi connectivity index (χ1n) is 9.89. The Balaban J connectivity index is 0.00000240. The number of guanidine groups is 1. The molecule has 0 aliphatic carbocycles. The first-order chi connectivity index (χ1) is 13.6. The molecule has 7 heteroatoms. The van der Waals surface area contributed by atoms with E-state index in [4.69, 9.17) is 22.1 Å². The lowest BCUT2D eigenvalue weighted by molar-refractivity contribution is 0.262. The van der Waals surface area contributed by atoms with E-state index in [2.05, 4.69) is 40.3 Å². The second kappa shape index (κ2) is 9.89. The van der Waals surface area contributed by atoms with E-state index in [1.54, 1.807) is 0 Å². The van der Waals surface area contributed by atoms with Crippen LogP contribution in [0.2, 0.25) is 5.02 Å². The molecule has 1 saturated heterocycles. The Bertz CT molecular complexity index is 876. The van der Waals surface area contributed by atoms with Crippen LogP contribution in [-0.4, -0.2) is 32.2 Å². The highest BCUT2D eigenvalue weighted by Gasteiger charge is 2.24. The Morgan fingerprint density at radius 3 is 2.97 bits per heavy atom. The van der Waals surface area contributed by atoms with Gasteiger partial charge in [-0.2, -0.15) is 0 Å². The molecule has 1 fully saturated rings. The van der Waals surface area contributed by atoms with E-state index in [-0.39, 0.29) is 30.0 Å². The number of aryl methyl sites for hydroxylation is 1. The molecule has 0 bridgehead atoms. The number of para-hydroxylation sites is 1. The van der Waals surface area contributed by atoms with Gasteiger partial charge in [0, 0.05) is 42.3 Å². The maximum atomic E-state index is 6.20. The Morgan fingerprint density at radius 1 is 1.28 bits per heavy atom. The van der Waals surface area contributed by atoms with Crippen molar-refractivity contribution in [3.8, 4) is 5.75 Å². The van der Waals surface area contributed by atoms with Crippen LogP contribution in [0.1, 0.15) is 30.0 Å². The number of anilines is 1. The van der Waals surface area contributed by atoms with Crippen molar-refractivity contribution in [2.75, 3.05) is 31.1 Å². The molecule has 0 aromatic heterocycles. The molecule has 2 aliphatic rings. The number of hydrogen-bond donors (Lipinski definition) is 2. The molecule has 0 amide bonds. The fraction of sp³-hybridized carbons (Fsp3) is 0.409. The second-order valence-corrected chi connectivity index (χ2v) is 8.07. The highest BCUT2D eigenvalue weighted by Crippen LogP contribution is 2.32. The van der Waals surface area contributed by atoms with Gasteiger partial charge in [0.1, 0.15) is 5.75 Å². The van der Waals surface area contributed by atoms with Gasteiger partial charge in [-0.3, -0.25) is 4.99 Å². The number of benzene rings is 2. The molecule has 0 spiro atoms. The standard InChI is InChI=1S/C22H27ClN4O.HI/c1-15-6-7-17(23)12-20(15)27-10-8-16(14-27)13-25-22(24)26-19-9-11-28-21-5-3-2-4-18(19)21;/h2-7,12,16,19H,8-11,13-14H2,1H3,(H3,24,25,26);1H. The maximum Gasteiger partial charge on any atom is 0.189 e. The average Bonchev–Trinajstić information content (AvgIpc) is 3.17. The van der Waals surface area contributed by atoms with E-state index in [0.717, 1.165) is 48.8 Å². The summed E-state index contributed by atoms with van der Waals surface area (Å²) in [7, 11) is 0. The Kier molecular flexibility index (Phi) is 7.51. The summed E-state index contributed by atoms with van der Waals surface area (Å²) < 4.78 is 5.71. The number of fused-ring (bicyclic) bond motifs is 1. The summed E-state index contributed by atoms with van der Waals surface area (Å²) in [6, 6.07) is 14.3. The lowest BCUT2D eigenvalue weighted by atomic mass is 10.0. The van der Waals surface area contributed by atoms with Gasteiger partial charge in [-0.25, -0.2) is 0 Å². The van der Waals surface area contributed by atoms with Crippen molar-refractivity contribution in [3.63, 3.8) is 0 Å². The minimum atomic E-state index is 0. The van der Waals surface area contributed by atoms with Crippen LogP contribution >= 0.6 is 35.6 Å². The van der Waals surface area contributed by atoms with E-state index in [1.165, 1.54) is 11.3 Å². The zero-order valence-corrected chi connectivity index (χ0v) is 19.7. The van der Waals surface area contributed by atoms with Crippen molar-refractivity contribution < 1.29 is 4.74 Å². The Labute approximate surface area is 194 Å². The molecule has 0 saturated carbocycles. The minimum Gasteiger partial charge on any atom is -0.493 e. The maximum absolute atomic E-state index is 6.20. The summed E-state index contributed by atoms with van der Waals surface area (Å²) in [5, 5.41) is 4.16. The normalized spacial score (nSPS) is 21.2. The summed E-state index contributed by atoms with van der Waals surface area (Å²) in [5.41, 5.74) is 9.83. The van der Waals surface area contributed by atoms with Crippen molar-refractivity contribution in [2.45, 2.75) is 25.8 Å². The van der Waals surface area contributed by atoms with Gasteiger partial charge in [0.2, 0.25) is 0 Å². The largest absolute Gasteiger partial charge is 0.493 e. The van der Waals surface area contributed by atoms with Crippen LogP contribution in [0.3, 0.4) is 0 Å².